The average Bonchev–Trinajstić information content (AvgIpc) is 3.31. The fourth-order valence-electron chi connectivity index (χ4n) is 3.39. The number of carbonyl (C=O) groups is 1. The van der Waals surface area contributed by atoms with Crippen LogP contribution in [0.3, 0.4) is 0 Å². The normalized spacial score (nSPS) is 16.0. The van der Waals surface area contributed by atoms with Crippen LogP contribution in [0.2, 0.25) is 5.02 Å². The van der Waals surface area contributed by atoms with Crippen molar-refractivity contribution in [1.29, 1.82) is 0 Å². The molecule has 4 rings (SSSR count). The van der Waals surface area contributed by atoms with E-state index in [1.807, 2.05) is 48.1 Å². The second-order valence-corrected chi connectivity index (χ2v) is 7.13. The van der Waals surface area contributed by atoms with Crippen LogP contribution in [0.5, 0.6) is 0 Å². The van der Waals surface area contributed by atoms with E-state index in [2.05, 4.69) is 15.6 Å². The number of pyridine rings is 1. The van der Waals surface area contributed by atoms with Crippen molar-refractivity contribution in [2.45, 2.75) is 18.9 Å². The summed E-state index contributed by atoms with van der Waals surface area (Å²) in [6, 6.07) is 9.40. The zero-order chi connectivity index (χ0) is 18.8. The van der Waals surface area contributed by atoms with E-state index < -0.39 is 0 Å². The zero-order valence-electron chi connectivity index (χ0n) is 15.4. The third kappa shape index (κ3) is 4.24. The molecule has 1 aliphatic heterocycles. The summed E-state index contributed by atoms with van der Waals surface area (Å²) in [5.41, 5.74) is 2.22. The predicted molar refractivity (Wildman–Crippen MR) is 114 cm³/mol. The second-order valence-electron chi connectivity index (χ2n) is 6.69. The zero-order valence-corrected chi connectivity index (χ0v) is 17.0. The Balaban J connectivity index is 0.00000225. The van der Waals surface area contributed by atoms with Gasteiger partial charge < -0.3 is 19.9 Å². The number of benzene rings is 1. The molecule has 1 aromatic carbocycles. The van der Waals surface area contributed by atoms with Crippen molar-refractivity contribution >= 4 is 52.3 Å². The Kier molecular flexibility index (Phi) is 6.44. The summed E-state index contributed by atoms with van der Waals surface area (Å²) in [4.78, 5) is 17.2. The highest BCUT2D eigenvalue weighted by atomic mass is 35.5. The van der Waals surface area contributed by atoms with Gasteiger partial charge in [-0.05, 0) is 37.1 Å². The van der Waals surface area contributed by atoms with Gasteiger partial charge in [0.05, 0.1) is 17.2 Å². The SMILES string of the molecule is Cl.Cn1ccc2c(Nc3cccc(Cl)c3)ncc(C(=O)NC[C@H]3CCCO3)c21. The Morgan fingerprint density at radius 1 is 1.39 bits per heavy atom. The molecule has 0 unspecified atom stereocenters. The molecule has 0 bridgehead atoms. The molecule has 2 N–H and O–H groups in total. The van der Waals surface area contributed by atoms with Crippen LogP contribution in [0.25, 0.3) is 10.9 Å². The summed E-state index contributed by atoms with van der Waals surface area (Å²) in [7, 11) is 1.92. The maximum atomic E-state index is 12.7. The van der Waals surface area contributed by atoms with Gasteiger partial charge in [0.15, 0.2) is 0 Å². The minimum atomic E-state index is -0.140. The molecule has 0 spiro atoms. The number of hydrogen-bond acceptors (Lipinski definition) is 4. The van der Waals surface area contributed by atoms with Gasteiger partial charge in [-0.2, -0.15) is 0 Å². The van der Waals surface area contributed by atoms with E-state index in [4.69, 9.17) is 16.3 Å². The van der Waals surface area contributed by atoms with E-state index in [1.54, 1.807) is 6.20 Å². The first-order valence-electron chi connectivity index (χ1n) is 8.98. The van der Waals surface area contributed by atoms with Crippen LogP contribution in [0.4, 0.5) is 11.5 Å². The molecular weight excluding hydrogens is 399 g/mol. The molecule has 1 amide bonds. The molecule has 3 aromatic rings. The van der Waals surface area contributed by atoms with Gasteiger partial charge in [-0.3, -0.25) is 4.79 Å². The molecule has 0 saturated carbocycles. The number of rotatable bonds is 5. The molecule has 0 aliphatic carbocycles. The number of nitrogens with one attached hydrogen (secondary N) is 2. The summed E-state index contributed by atoms with van der Waals surface area (Å²) in [5, 5.41) is 7.78. The number of halogens is 2. The van der Waals surface area contributed by atoms with Gasteiger partial charge in [-0.15, -0.1) is 12.4 Å². The summed E-state index contributed by atoms with van der Waals surface area (Å²) in [6.07, 6.45) is 5.68. The number of aromatic nitrogens is 2. The third-order valence-corrected chi connectivity index (χ3v) is 4.99. The maximum absolute atomic E-state index is 12.7. The molecular formula is C20H22Cl2N4O2. The number of aryl methyl sites for hydroxylation is 1. The fraction of sp³-hybridized carbons (Fsp3) is 0.300. The Morgan fingerprint density at radius 2 is 2.25 bits per heavy atom. The molecule has 0 radical (unpaired) electrons. The first-order valence-corrected chi connectivity index (χ1v) is 9.36. The molecule has 1 aliphatic rings. The minimum Gasteiger partial charge on any atom is -0.376 e. The van der Waals surface area contributed by atoms with Crippen LogP contribution in [0.15, 0.2) is 42.7 Å². The van der Waals surface area contributed by atoms with E-state index in [1.165, 1.54) is 0 Å². The monoisotopic (exact) mass is 420 g/mol. The van der Waals surface area contributed by atoms with Gasteiger partial charge in [-0.25, -0.2) is 4.98 Å². The van der Waals surface area contributed by atoms with Crippen LogP contribution in [0.1, 0.15) is 23.2 Å². The Bertz CT molecular complexity index is 983. The molecule has 2 aromatic heterocycles. The molecule has 1 fully saturated rings. The molecule has 28 heavy (non-hydrogen) atoms. The molecule has 148 valence electrons. The third-order valence-electron chi connectivity index (χ3n) is 4.75. The summed E-state index contributed by atoms with van der Waals surface area (Å²) >= 11 is 6.06. The average molecular weight is 421 g/mol. The molecule has 1 saturated heterocycles. The topological polar surface area (TPSA) is 68.2 Å². The smallest absolute Gasteiger partial charge is 0.255 e. The van der Waals surface area contributed by atoms with Gasteiger partial charge >= 0.3 is 0 Å². The largest absolute Gasteiger partial charge is 0.376 e. The van der Waals surface area contributed by atoms with Crippen LogP contribution < -0.4 is 10.6 Å². The van der Waals surface area contributed by atoms with Crippen LogP contribution in [-0.4, -0.2) is 34.7 Å². The Morgan fingerprint density at radius 3 is 3.00 bits per heavy atom. The van der Waals surface area contributed by atoms with E-state index in [0.29, 0.717) is 22.9 Å². The van der Waals surface area contributed by atoms with Crippen LogP contribution in [0, 0.1) is 0 Å². The second kappa shape index (κ2) is 8.82. The Labute approximate surface area is 174 Å². The minimum absolute atomic E-state index is 0. The van der Waals surface area contributed by atoms with Crippen LogP contribution >= 0.6 is 24.0 Å². The fourth-order valence-corrected chi connectivity index (χ4v) is 3.58. The molecule has 6 nitrogen and oxygen atoms in total. The van der Waals surface area contributed by atoms with Crippen molar-refractivity contribution in [2.24, 2.45) is 7.05 Å². The number of carbonyl (C=O) groups excluding carboxylic acids is 1. The lowest BCUT2D eigenvalue weighted by Crippen LogP contribution is -2.32. The summed E-state index contributed by atoms with van der Waals surface area (Å²) in [5.74, 6) is 0.544. The highest BCUT2D eigenvalue weighted by Crippen LogP contribution is 2.28. The van der Waals surface area contributed by atoms with Crippen molar-refractivity contribution in [3.05, 3.63) is 53.3 Å². The Hall–Kier alpha value is -2.28. The summed E-state index contributed by atoms with van der Waals surface area (Å²) < 4.78 is 7.51. The molecule has 1 atom stereocenters. The van der Waals surface area contributed by atoms with Gasteiger partial charge in [0.1, 0.15) is 5.82 Å². The van der Waals surface area contributed by atoms with Crippen molar-refractivity contribution in [3.63, 3.8) is 0 Å². The number of anilines is 2. The predicted octanol–water partition coefficient (Wildman–Crippen LogP) is 4.30. The van der Waals surface area contributed by atoms with Crippen molar-refractivity contribution in [2.75, 3.05) is 18.5 Å². The lowest BCUT2D eigenvalue weighted by Gasteiger charge is -2.13. The van der Waals surface area contributed by atoms with E-state index >= 15 is 0 Å². The molecule has 3 heterocycles. The first-order chi connectivity index (χ1) is 13.1. The van der Waals surface area contributed by atoms with Crippen LogP contribution in [-0.2, 0) is 11.8 Å². The van der Waals surface area contributed by atoms with Gasteiger partial charge in [0, 0.05) is 48.7 Å². The molecule has 8 heteroatoms. The van der Waals surface area contributed by atoms with E-state index in [-0.39, 0.29) is 24.4 Å². The number of amides is 1. The lowest BCUT2D eigenvalue weighted by molar-refractivity contribution is 0.0858. The quantitative estimate of drug-likeness (QED) is 0.645. The first kappa shape index (κ1) is 20.5. The maximum Gasteiger partial charge on any atom is 0.255 e. The number of fused-ring (bicyclic) bond motifs is 1. The number of nitrogens with zero attached hydrogens (tertiary/aromatic N) is 2. The van der Waals surface area contributed by atoms with E-state index in [0.717, 1.165) is 36.0 Å². The van der Waals surface area contributed by atoms with Gasteiger partial charge in [-0.1, -0.05) is 17.7 Å². The highest BCUT2D eigenvalue weighted by molar-refractivity contribution is 6.30. The van der Waals surface area contributed by atoms with Gasteiger partial charge in [0.25, 0.3) is 5.91 Å². The summed E-state index contributed by atoms with van der Waals surface area (Å²) in [6.45, 7) is 1.29. The standard InChI is InChI=1S/C20H21ClN4O2.ClH/c1-25-8-7-16-18(25)17(20(26)23-11-15-6-3-9-27-15)12-22-19(16)24-14-5-2-4-13(21)10-14;/h2,4-5,7-8,10,12,15H,3,6,9,11H2,1H3,(H,22,24)(H,23,26);1H/t15-;/m1./s1. The van der Waals surface area contributed by atoms with Crippen molar-refractivity contribution in [3.8, 4) is 0 Å². The van der Waals surface area contributed by atoms with Crippen molar-refractivity contribution in [1.82, 2.24) is 14.9 Å². The number of ether oxygens (including phenoxy) is 1. The number of hydrogen-bond donors (Lipinski definition) is 2. The van der Waals surface area contributed by atoms with Gasteiger partial charge in [0.2, 0.25) is 0 Å². The lowest BCUT2D eigenvalue weighted by atomic mass is 10.1. The highest BCUT2D eigenvalue weighted by Gasteiger charge is 2.20. The van der Waals surface area contributed by atoms with Crippen molar-refractivity contribution < 1.29 is 9.53 Å². The van der Waals surface area contributed by atoms with E-state index in [9.17, 15) is 4.79 Å².